The topological polar surface area (TPSA) is 75.3 Å². The highest BCUT2D eigenvalue weighted by Gasteiger charge is 2.56. The highest BCUT2D eigenvalue weighted by Crippen LogP contribution is 2.56. The van der Waals surface area contributed by atoms with Crippen molar-refractivity contribution < 1.29 is 17.6 Å². The van der Waals surface area contributed by atoms with E-state index in [9.17, 15) is 17.6 Å². The number of urea groups is 1. The molecule has 2 aromatic rings. The molecule has 25 heavy (non-hydrogen) atoms. The molecule has 7 heteroatoms. The minimum atomic E-state index is -3.25. The van der Waals surface area contributed by atoms with Crippen molar-refractivity contribution >= 4 is 21.6 Å². The average molecular weight is 360 g/mol. The summed E-state index contributed by atoms with van der Waals surface area (Å²) in [5.74, 6) is 0.365. The summed E-state index contributed by atoms with van der Waals surface area (Å²) in [4.78, 5) is 12.3. The summed E-state index contributed by atoms with van der Waals surface area (Å²) < 4.78 is 36.1. The number of carbonyl (C=O) groups excluding carboxylic acids is 1. The first kappa shape index (κ1) is 16.1. The van der Waals surface area contributed by atoms with Crippen molar-refractivity contribution in [3.05, 3.63) is 59.4 Å². The molecule has 1 fully saturated rings. The second-order valence-electron chi connectivity index (χ2n) is 6.66. The lowest BCUT2D eigenvalue weighted by atomic mass is 10.0. The van der Waals surface area contributed by atoms with E-state index in [1.807, 2.05) is 0 Å². The zero-order valence-electron chi connectivity index (χ0n) is 13.5. The Morgan fingerprint density at radius 3 is 2.56 bits per heavy atom. The van der Waals surface area contributed by atoms with E-state index in [0.29, 0.717) is 11.6 Å². The van der Waals surface area contributed by atoms with Gasteiger partial charge >= 0.3 is 6.03 Å². The lowest BCUT2D eigenvalue weighted by Gasteiger charge is -2.11. The fourth-order valence-electron chi connectivity index (χ4n) is 3.68. The van der Waals surface area contributed by atoms with Crippen LogP contribution in [0.15, 0.2) is 47.4 Å². The van der Waals surface area contributed by atoms with Gasteiger partial charge in [-0.15, -0.1) is 0 Å². The molecule has 0 saturated heterocycles. The third-order valence-electron chi connectivity index (χ3n) is 4.93. The van der Waals surface area contributed by atoms with Crippen LogP contribution in [0.3, 0.4) is 0 Å². The molecule has 0 bridgehead atoms. The lowest BCUT2D eigenvalue weighted by Crippen LogP contribution is -2.32. The Morgan fingerprint density at radius 2 is 1.88 bits per heavy atom. The molecule has 3 unspecified atom stereocenters. The van der Waals surface area contributed by atoms with Gasteiger partial charge in [0.05, 0.1) is 4.90 Å². The molecule has 0 aromatic heterocycles. The highest BCUT2D eigenvalue weighted by atomic mass is 32.2. The molecule has 0 aliphatic heterocycles. The van der Waals surface area contributed by atoms with E-state index in [-0.39, 0.29) is 28.7 Å². The van der Waals surface area contributed by atoms with Gasteiger partial charge in [0.1, 0.15) is 5.82 Å². The van der Waals surface area contributed by atoms with E-state index in [1.54, 1.807) is 24.3 Å². The van der Waals surface area contributed by atoms with Gasteiger partial charge < -0.3 is 10.6 Å². The molecule has 5 nitrogen and oxygen atoms in total. The Morgan fingerprint density at radius 1 is 1.16 bits per heavy atom. The van der Waals surface area contributed by atoms with Gasteiger partial charge in [0.25, 0.3) is 0 Å². The van der Waals surface area contributed by atoms with Gasteiger partial charge in [0, 0.05) is 23.9 Å². The Balaban J connectivity index is 1.37. The number of amides is 2. The summed E-state index contributed by atoms with van der Waals surface area (Å²) in [6, 6.07) is 10.6. The zero-order chi connectivity index (χ0) is 17.8. The van der Waals surface area contributed by atoms with Gasteiger partial charge in [-0.1, -0.05) is 6.07 Å². The molecule has 2 N–H and O–H groups in total. The zero-order valence-corrected chi connectivity index (χ0v) is 14.3. The van der Waals surface area contributed by atoms with Crippen molar-refractivity contribution in [2.24, 2.45) is 5.92 Å². The van der Waals surface area contributed by atoms with Crippen LogP contribution in [-0.2, 0) is 16.3 Å². The first-order valence-corrected chi connectivity index (χ1v) is 9.88. The molecular weight excluding hydrogens is 343 g/mol. The van der Waals surface area contributed by atoms with Crippen LogP contribution in [0.2, 0.25) is 0 Å². The third kappa shape index (κ3) is 3.00. The number of fused-ring (bicyclic) bond motifs is 3. The summed E-state index contributed by atoms with van der Waals surface area (Å²) in [5.41, 5.74) is 2.68. The summed E-state index contributed by atoms with van der Waals surface area (Å²) in [6.45, 7) is 0. The monoisotopic (exact) mass is 360 g/mol. The molecular formula is C18H17FN2O3S. The molecule has 0 spiro atoms. The predicted molar refractivity (Wildman–Crippen MR) is 91.8 cm³/mol. The maximum atomic E-state index is 13.2. The number of carbonyl (C=O) groups is 1. The summed E-state index contributed by atoms with van der Waals surface area (Å²) in [5, 5.41) is 5.65. The van der Waals surface area contributed by atoms with E-state index < -0.39 is 9.84 Å². The second kappa shape index (κ2) is 5.56. The molecule has 2 aliphatic rings. The number of benzene rings is 2. The number of rotatable bonds is 3. The van der Waals surface area contributed by atoms with E-state index in [1.165, 1.54) is 18.2 Å². The van der Waals surface area contributed by atoms with E-state index in [2.05, 4.69) is 10.6 Å². The number of halogens is 1. The molecule has 3 atom stereocenters. The number of hydrogen-bond donors (Lipinski definition) is 2. The smallest absolute Gasteiger partial charge is 0.319 e. The molecule has 130 valence electrons. The number of anilines is 1. The normalized spacial score (nSPS) is 23.5. The first-order valence-electron chi connectivity index (χ1n) is 7.99. The Kier molecular flexibility index (Phi) is 3.57. The van der Waals surface area contributed by atoms with E-state index in [0.717, 1.165) is 23.8 Å². The highest BCUT2D eigenvalue weighted by molar-refractivity contribution is 7.90. The summed E-state index contributed by atoms with van der Waals surface area (Å²) >= 11 is 0. The number of nitrogens with one attached hydrogen (secondary N) is 2. The van der Waals surface area contributed by atoms with Crippen LogP contribution in [-0.4, -0.2) is 26.7 Å². The quantitative estimate of drug-likeness (QED) is 0.884. The first-order chi connectivity index (χ1) is 11.8. The van der Waals surface area contributed by atoms with Gasteiger partial charge in [-0.3, -0.25) is 0 Å². The average Bonchev–Trinajstić information content (AvgIpc) is 3.04. The molecule has 2 amide bonds. The fraction of sp³-hybridized carbons (Fsp3) is 0.278. The van der Waals surface area contributed by atoms with Gasteiger partial charge in [0.15, 0.2) is 9.84 Å². The van der Waals surface area contributed by atoms with Crippen LogP contribution in [0.25, 0.3) is 0 Å². The largest absolute Gasteiger partial charge is 0.334 e. The van der Waals surface area contributed by atoms with Crippen LogP contribution in [0.4, 0.5) is 14.9 Å². The molecule has 0 radical (unpaired) electrons. The van der Waals surface area contributed by atoms with Crippen LogP contribution >= 0.6 is 0 Å². The second-order valence-corrected chi connectivity index (χ2v) is 8.67. The van der Waals surface area contributed by atoms with Crippen molar-refractivity contribution in [3.8, 4) is 0 Å². The van der Waals surface area contributed by atoms with Crippen LogP contribution in [0.1, 0.15) is 17.0 Å². The summed E-state index contributed by atoms with van der Waals surface area (Å²) in [6.07, 6.45) is 1.92. The molecule has 2 aliphatic carbocycles. The van der Waals surface area contributed by atoms with Crippen molar-refractivity contribution in [2.45, 2.75) is 23.3 Å². The molecule has 1 saturated carbocycles. The molecule has 0 heterocycles. The van der Waals surface area contributed by atoms with E-state index in [4.69, 9.17) is 0 Å². The molecule has 2 aromatic carbocycles. The van der Waals surface area contributed by atoms with Crippen molar-refractivity contribution in [1.82, 2.24) is 5.32 Å². The Hall–Kier alpha value is -2.41. The van der Waals surface area contributed by atoms with Crippen molar-refractivity contribution in [3.63, 3.8) is 0 Å². The number of hydrogen-bond acceptors (Lipinski definition) is 3. The van der Waals surface area contributed by atoms with Crippen LogP contribution in [0.5, 0.6) is 0 Å². The maximum absolute atomic E-state index is 13.2. The van der Waals surface area contributed by atoms with Crippen LogP contribution < -0.4 is 10.6 Å². The standard InChI is InChI=1S/C18H17FN2O3S/c1-25(23,24)13-5-3-12(4-6-13)20-18(22)21-17-15-9-10-8-11(19)2-7-14(10)16(15)17/h2-8,15-17H,9H2,1H3,(H2,20,21,22). The summed E-state index contributed by atoms with van der Waals surface area (Å²) in [7, 11) is -3.25. The van der Waals surface area contributed by atoms with Gasteiger partial charge in [-0.25, -0.2) is 17.6 Å². The van der Waals surface area contributed by atoms with Gasteiger partial charge in [0.2, 0.25) is 0 Å². The minimum absolute atomic E-state index is 0.0632. The van der Waals surface area contributed by atoms with E-state index >= 15 is 0 Å². The SMILES string of the molecule is CS(=O)(=O)c1ccc(NC(=O)NC2C3Cc4cc(F)ccc4C32)cc1. The Labute approximate surface area is 145 Å². The maximum Gasteiger partial charge on any atom is 0.319 e. The van der Waals surface area contributed by atoms with Crippen molar-refractivity contribution in [2.75, 3.05) is 11.6 Å². The van der Waals surface area contributed by atoms with Gasteiger partial charge in [-0.2, -0.15) is 0 Å². The minimum Gasteiger partial charge on any atom is -0.334 e. The number of sulfone groups is 1. The fourth-order valence-corrected chi connectivity index (χ4v) is 4.31. The molecule has 4 rings (SSSR count). The van der Waals surface area contributed by atoms with Crippen LogP contribution in [0, 0.1) is 11.7 Å². The van der Waals surface area contributed by atoms with Gasteiger partial charge in [-0.05, 0) is 59.9 Å². The third-order valence-corrected chi connectivity index (χ3v) is 6.05. The lowest BCUT2D eigenvalue weighted by molar-refractivity contribution is 0.251. The predicted octanol–water partition coefficient (Wildman–Crippen LogP) is 2.69. The van der Waals surface area contributed by atoms with Crippen molar-refractivity contribution in [1.29, 1.82) is 0 Å². The Bertz CT molecular complexity index is 957.